The van der Waals surface area contributed by atoms with Crippen molar-refractivity contribution in [2.75, 3.05) is 13.2 Å². The monoisotopic (exact) mass is 312 g/mol. The summed E-state index contributed by atoms with van der Waals surface area (Å²) in [6.07, 6.45) is 1.70. The Kier molecular flexibility index (Phi) is 3.21. The summed E-state index contributed by atoms with van der Waals surface area (Å²) >= 11 is 0. The first-order chi connectivity index (χ1) is 11.0. The first-order valence-electron chi connectivity index (χ1n) is 7.56. The number of fused-ring (bicyclic) bond motifs is 1. The van der Waals surface area contributed by atoms with Gasteiger partial charge in [0.1, 0.15) is 11.4 Å². The van der Waals surface area contributed by atoms with Gasteiger partial charge in [-0.1, -0.05) is 18.2 Å². The van der Waals surface area contributed by atoms with E-state index < -0.39 is 5.60 Å². The molecule has 3 aromatic rings. The number of aliphatic hydroxyl groups is 1. The number of benzene rings is 2. The van der Waals surface area contributed by atoms with Crippen LogP contribution < -0.4 is 0 Å². The molecular weight excluding hydrogens is 295 g/mol. The fourth-order valence-electron chi connectivity index (χ4n) is 2.95. The van der Waals surface area contributed by atoms with Crippen molar-refractivity contribution in [3.8, 4) is 11.1 Å². The molecule has 2 heterocycles. The first-order valence-corrected chi connectivity index (χ1v) is 7.56. The number of aryl methyl sites for hydroxylation is 1. The molecule has 0 aliphatic carbocycles. The Balaban J connectivity index is 1.77. The van der Waals surface area contributed by atoms with Gasteiger partial charge in [0.15, 0.2) is 0 Å². The van der Waals surface area contributed by atoms with Crippen molar-refractivity contribution in [1.29, 1.82) is 0 Å². The van der Waals surface area contributed by atoms with Gasteiger partial charge in [0.2, 0.25) is 0 Å². The quantitative estimate of drug-likeness (QED) is 0.809. The molecule has 1 aliphatic heterocycles. The summed E-state index contributed by atoms with van der Waals surface area (Å²) < 4.78 is 21.2. The van der Waals surface area contributed by atoms with Gasteiger partial charge in [-0.05, 0) is 36.2 Å². The molecular formula is C18H17FN2O2. The summed E-state index contributed by atoms with van der Waals surface area (Å²) in [6.45, 7) is 2.95. The standard InChI is InChI=1S/C18H17FN2O2/c1-12-2-4-14(15(19)6-12)13-3-5-16-17(7-13)21(11-20-16)8-18(22)9-23-10-18/h2-7,11,22H,8-10H2,1H3. The molecule has 1 aliphatic rings. The van der Waals surface area contributed by atoms with Crippen LogP contribution >= 0.6 is 0 Å². The van der Waals surface area contributed by atoms with E-state index in [-0.39, 0.29) is 5.82 Å². The van der Waals surface area contributed by atoms with Gasteiger partial charge < -0.3 is 14.4 Å². The predicted octanol–water partition coefficient (Wildman–Crippen LogP) is 2.91. The van der Waals surface area contributed by atoms with Crippen LogP contribution in [0.15, 0.2) is 42.7 Å². The molecule has 23 heavy (non-hydrogen) atoms. The third-order valence-electron chi connectivity index (χ3n) is 4.26. The van der Waals surface area contributed by atoms with E-state index >= 15 is 0 Å². The van der Waals surface area contributed by atoms with Gasteiger partial charge in [0.05, 0.1) is 37.1 Å². The molecule has 0 bridgehead atoms. The number of aromatic nitrogens is 2. The minimum absolute atomic E-state index is 0.235. The third kappa shape index (κ3) is 2.52. The van der Waals surface area contributed by atoms with Gasteiger partial charge in [-0.25, -0.2) is 9.37 Å². The Morgan fingerprint density at radius 2 is 2.09 bits per heavy atom. The normalized spacial score (nSPS) is 16.5. The van der Waals surface area contributed by atoms with E-state index in [1.54, 1.807) is 12.4 Å². The molecule has 1 aromatic heterocycles. The van der Waals surface area contributed by atoms with Gasteiger partial charge in [-0.15, -0.1) is 0 Å². The topological polar surface area (TPSA) is 47.3 Å². The summed E-state index contributed by atoms with van der Waals surface area (Å²) in [5, 5.41) is 10.3. The van der Waals surface area contributed by atoms with E-state index in [1.165, 1.54) is 6.07 Å². The van der Waals surface area contributed by atoms with Crippen molar-refractivity contribution >= 4 is 11.0 Å². The Bertz CT molecular complexity index is 884. The predicted molar refractivity (Wildman–Crippen MR) is 85.6 cm³/mol. The molecule has 2 aromatic carbocycles. The third-order valence-corrected chi connectivity index (χ3v) is 4.26. The van der Waals surface area contributed by atoms with Crippen LogP contribution in [0.4, 0.5) is 4.39 Å². The van der Waals surface area contributed by atoms with Crippen molar-refractivity contribution in [3.63, 3.8) is 0 Å². The maximum atomic E-state index is 14.2. The summed E-state index contributed by atoms with van der Waals surface area (Å²) in [5.41, 5.74) is 3.13. The molecule has 1 saturated heterocycles. The molecule has 118 valence electrons. The average molecular weight is 312 g/mol. The highest BCUT2D eigenvalue weighted by atomic mass is 19.1. The average Bonchev–Trinajstić information content (AvgIpc) is 2.88. The van der Waals surface area contributed by atoms with E-state index in [1.807, 2.05) is 35.8 Å². The maximum Gasteiger partial charge on any atom is 0.131 e. The smallest absolute Gasteiger partial charge is 0.131 e. The van der Waals surface area contributed by atoms with Crippen molar-refractivity contribution in [2.24, 2.45) is 0 Å². The zero-order valence-electron chi connectivity index (χ0n) is 12.8. The van der Waals surface area contributed by atoms with Crippen molar-refractivity contribution in [1.82, 2.24) is 9.55 Å². The molecule has 5 heteroatoms. The second-order valence-electron chi connectivity index (χ2n) is 6.28. The van der Waals surface area contributed by atoms with Gasteiger partial charge in [0, 0.05) is 5.56 Å². The van der Waals surface area contributed by atoms with Crippen LogP contribution in [-0.2, 0) is 11.3 Å². The Hall–Kier alpha value is -2.24. The highest BCUT2D eigenvalue weighted by molar-refractivity contribution is 5.82. The second kappa shape index (κ2) is 5.15. The number of hydrogen-bond donors (Lipinski definition) is 1. The molecule has 0 unspecified atom stereocenters. The van der Waals surface area contributed by atoms with E-state index in [2.05, 4.69) is 4.98 Å². The summed E-state index contributed by atoms with van der Waals surface area (Å²) in [4.78, 5) is 4.35. The van der Waals surface area contributed by atoms with Gasteiger partial charge in [-0.2, -0.15) is 0 Å². The minimum atomic E-state index is -0.835. The highest BCUT2D eigenvalue weighted by Gasteiger charge is 2.36. The van der Waals surface area contributed by atoms with Gasteiger partial charge >= 0.3 is 0 Å². The van der Waals surface area contributed by atoms with E-state index in [0.717, 1.165) is 22.2 Å². The molecule has 0 atom stereocenters. The van der Waals surface area contributed by atoms with Crippen LogP contribution in [0.2, 0.25) is 0 Å². The SMILES string of the molecule is Cc1ccc(-c2ccc3ncn(CC4(O)COC4)c3c2)c(F)c1. The molecule has 1 fully saturated rings. The number of nitrogens with zero attached hydrogens (tertiary/aromatic N) is 2. The lowest BCUT2D eigenvalue weighted by Gasteiger charge is -2.36. The number of halogens is 1. The number of ether oxygens (including phenoxy) is 1. The van der Waals surface area contributed by atoms with Crippen LogP contribution in [0.5, 0.6) is 0 Å². The fourth-order valence-corrected chi connectivity index (χ4v) is 2.95. The van der Waals surface area contributed by atoms with Crippen LogP contribution in [-0.4, -0.2) is 33.5 Å². The van der Waals surface area contributed by atoms with Crippen LogP contribution in [0.1, 0.15) is 5.56 Å². The molecule has 4 nitrogen and oxygen atoms in total. The van der Waals surface area contributed by atoms with Crippen molar-refractivity contribution in [3.05, 3.63) is 54.1 Å². The Morgan fingerprint density at radius 3 is 2.78 bits per heavy atom. The zero-order chi connectivity index (χ0) is 16.0. The summed E-state index contributed by atoms with van der Waals surface area (Å²) in [7, 11) is 0. The minimum Gasteiger partial charge on any atom is -0.383 e. The zero-order valence-corrected chi connectivity index (χ0v) is 12.8. The largest absolute Gasteiger partial charge is 0.383 e. The number of rotatable bonds is 3. The Morgan fingerprint density at radius 1 is 1.26 bits per heavy atom. The number of imidazole rings is 1. The van der Waals surface area contributed by atoms with E-state index in [4.69, 9.17) is 4.74 Å². The lowest BCUT2D eigenvalue weighted by Crippen LogP contribution is -2.52. The number of hydrogen-bond acceptors (Lipinski definition) is 3. The lowest BCUT2D eigenvalue weighted by atomic mass is 10.0. The van der Waals surface area contributed by atoms with Gasteiger partial charge in [0.25, 0.3) is 0 Å². The second-order valence-corrected chi connectivity index (χ2v) is 6.28. The van der Waals surface area contributed by atoms with Crippen molar-refractivity contribution in [2.45, 2.75) is 19.1 Å². The summed E-state index contributed by atoms with van der Waals surface area (Å²) in [5.74, 6) is -0.235. The molecule has 0 saturated carbocycles. The van der Waals surface area contributed by atoms with Crippen LogP contribution in [0, 0.1) is 12.7 Å². The molecule has 0 radical (unpaired) electrons. The van der Waals surface area contributed by atoms with Crippen molar-refractivity contribution < 1.29 is 14.2 Å². The molecule has 4 rings (SSSR count). The Labute approximate surface area is 133 Å². The first kappa shape index (κ1) is 14.4. The van der Waals surface area contributed by atoms with Crippen LogP contribution in [0.3, 0.4) is 0 Å². The highest BCUT2D eigenvalue weighted by Crippen LogP contribution is 2.28. The summed E-state index contributed by atoms with van der Waals surface area (Å²) in [6, 6.07) is 10.9. The van der Waals surface area contributed by atoms with Gasteiger partial charge in [-0.3, -0.25) is 0 Å². The molecule has 0 amide bonds. The fraction of sp³-hybridized carbons (Fsp3) is 0.278. The van der Waals surface area contributed by atoms with E-state index in [0.29, 0.717) is 25.3 Å². The molecule has 1 N–H and O–H groups in total. The lowest BCUT2D eigenvalue weighted by molar-refractivity contribution is -0.184. The van der Waals surface area contributed by atoms with E-state index in [9.17, 15) is 9.50 Å². The maximum absolute atomic E-state index is 14.2. The molecule has 0 spiro atoms. The van der Waals surface area contributed by atoms with Crippen LogP contribution in [0.25, 0.3) is 22.2 Å².